The van der Waals surface area contributed by atoms with Crippen LogP contribution in [-0.2, 0) is 6.61 Å². The van der Waals surface area contributed by atoms with Crippen molar-refractivity contribution in [3.8, 4) is 16.9 Å². The summed E-state index contributed by atoms with van der Waals surface area (Å²) in [5.74, 6) is 0.525. The maximum absolute atomic E-state index is 13.2. The first kappa shape index (κ1) is 23.7. The Bertz CT molecular complexity index is 1540. The second kappa shape index (κ2) is 10.8. The number of nitrogens with zero attached hydrogens (tertiary/aromatic N) is 3. The molecule has 0 unspecified atom stereocenters. The van der Waals surface area contributed by atoms with E-state index < -0.39 is 0 Å². The Balaban J connectivity index is 1.19. The molecule has 5 aromatic rings. The number of carbonyl (C=O) groups excluding carboxylic acids is 1. The highest BCUT2D eigenvalue weighted by Crippen LogP contribution is 2.29. The smallest absolute Gasteiger partial charge is 0.274 e. The number of hydrogen-bond donors (Lipinski definition) is 2. The van der Waals surface area contributed by atoms with Gasteiger partial charge in [0.1, 0.15) is 18.1 Å². The number of para-hydroxylation sites is 2. The summed E-state index contributed by atoms with van der Waals surface area (Å²) < 4.78 is 7.60. The predicted molar refractivity (Wildman–Crippen MR) is 149 cm³/mol. The Labute approximate surface area is 221 Å². The van der Waals surface area contributed by atoms with Crippen LogP contribution in [0, 0.1) is 0 Å². The van der Waals surface area contributed by atoms with E-state index in [0.29, 0.717) is 24.0 Å². The lowest BCUT2D eigenvalue weighted by atomic mass is 10.1. The molecule has 7 heteroatoms. The van der Waals surface area contributed by atoms with Crippen molar-refractivity contribution in [3.05, 3.63) is 109 Å². The van der Waals surface area contributed by atoms with Crippen molar-refractivity contribution in [1.82, 2.24) is 14.6 Å². The quantitative estimate of drug-likeness (QED) is 0.250. The number of nitrogens with one attached hydrogen (secondary N) is 2. The van der Waals surface area contributed by atoms with Crippen LogP contribution in [0.4, 0.5) is 11.4 Å². The van der Waals surface area contributed by atoms with Crippen molar-refractivity contribution >= 4 is 22.9 Å². The number of benzene rings is 3. The van der Waals surface area contributed by atoms with E-state index in [-0.39, 0.29) is 5.91 Å². The molecular weight excluding hydrogens is 474 g/mol. The molecule has 3 aromatic carbocycles. The first-order chi connectivity index (χ1) is 18.7. The van der Waals surface area contributed by atoms with Crippen molar-refractivity contribution in [2.75, 3.05) is 10.6 Å². The Morgan fingerprint density at radius 1 is 0.895 bits per heavy atom. The predicted octanol–water partition coefficient (Wildman–Crippen LogP) is 6.58. The molecule has 0 bridgehead atoms. The number of rotatable bonds is 8. The molecule has 0 radical (unpaired) electrons. The second-order valence-electron chi connectivity index (χ2n) is 9.56. The molecule has 0 aliphatic heterocycles. The van der Waals surface area contributed by atoms with E-state index >= 15 is 0 Å². The van der Waals surface area contributed by atoms with Crippen molar-refractivity contribution in [1.29, 1.82) is 0 Å². The molecule has 1 amide bonds. The summed E-state index contributed by atoms with van der Waals surface area (Å²) in [6, 6.07) is 27.9. The zero-order valence-corrected chi connectivity index (χ0v) is 21.0. The summed E-state index contributed by atoms with van der Waals surface area (Å²) in [6.07, 6.45) is 8.33. The molecule has 0 atom stereocenters. The molecule has 0 saturated heterocycles. The largest absolute Gasteiger partial charge is 0.489 e. The summed E-state index contributed by atoms with van der Waals surface area (Å²) in [7, 11) is 0. The minimum Gasteiger partial charge on any atom is -0.489 e. The van der Waals surface area contributed by atoms with Gasteiger partial charge >= 0.3 is 0 Å². The Morgan fingerprint density at radius 3 is 2.42 bits per heavy atom. The van der Waals surface area contributed by atoms with Gasteiger partial charge in [0.25, 0.3) is 5.91 Å². The van der Waals surface area contributed by atoms with Gasteiger partial charge in [0, 0.05) is 17.8 Å². The number of aromatic nitrogens is 3. The third-order valence-electron chi connectivity index (χ3n) is 6.91. The highest BCUT2D eigenvalue weighted by Gasteiger charge is 2.18. The Hall–Kier alpha value is -4.65. The van der Waals surface area contributed by atoms with E-state index in [9.17, 15) is 4.79 Å². The summed E-state index contributed by atoms with van der Waals surface area (Å²) in [5.41, 5.74) is 5.55. The molecule has 7 nitrogen and oxygen atoms in total. The maximum atomic E-state index is 13.2. The highest BCUT2D eigenvalue weighted by atomic mass is 16.5. The van der Waals surface area contributed by atoms with Crippen LogP contribution in [0.15, 0.2) is 97.3 Å². The maximum Gasteiger partial charge on any atom is 0.274 e. The van der Waals surface area contributed by atoms with E-state index in [2.05, 4.69) is 20.7 Å². The van der Waals surface area contributed by atoms with Gasteiger partial charge in [-0.3, -0.25) is 4.79 Å². The van der Waals surface area contributed by atoms with Crippen LogP contribution in [0.25, 0.3) is 16.8 Å². The minimum atomic E-state index is -0.259. The van der Waals surface area contributed by atoms with Crippen molar-refractivity contribution in [2.24, 2.45) is 0 Å². The van der Waals surface area contributed by atoms with Gasteiger partial charge in [0.05, 0.1) is 17.6 Å². The lowest BCUT2D eigenvalue weighted by Gasteiger charge is -2.17. The molecule has 38 heavy (non-hydrogen) atoms. The number of ether oxygens (including phenoxy) is 1. The molecule has 2 N–H and O–H groups in total. The van der Waals surface area contributed by atoms with Crippen LogP contribution in [0.5, 0.6) is 5.75 Å². The number of amides is 1. The summed E-state index contributed by atoms with van der Waals surface area (Å²) in [6.45, 7) is 0.510. The Morgan fingerprint density at radius 2 is 1.63 bits per heavy atom. The fourth-order valence-electron chi connectivity index (χ4n) is 4.86. The lowest BCUT2D eigenvalue weighted by molar-refractivity contribution is 0.102. The fourth-order valence-corrected chi connectivity index (χ4v) is 4.86. The third-order valence-corrected chi connectivity index (χ3v) is 6.91. The van der Waals surface area contributed by atoms with Crippen molar-refractivity contribution in [2.45, 2.75) is 38.3 Å². The monoisotopic (exact) mass is 503 g/mol. The van der Waals surface area contributed by atoms with Crippen LogP contribution in [0.2, 0.25) is 0 Å². The molecule has 6 rings (SSSR count). The minimum absolute atomic E-state index is 0.259. The zero-order chi connectivity index (χ0) is 25.7. The van der Waals surface area contributed by atoms with Crippen LogP contribution >= 0.6 is 0 Å². The average Bonchev–Trinajstić information content (AvgIpc) is 3.63. The molecule has 1 aliphatic rings. The highest BCUT2D eigenvalue weighted by molar-refractivity contribution is 6.05. The van der Waals surface area contributed by atoms with E-state index in [4.69, 9.17) is 4.74 Å². The Kier molecular flexibility index (Phi) is 6.72. The zero-order valence-electron chi connectivity index (χ0n) is 21.0. The van der Waals surface area contributed by atoms with Crippen LogP contribution in [0.3, 0.4) is 0 Å². The summed E-state index contributed by atoms with van der Waals surface area (Å²) in [4.78, 5) is 17.9. The van der Waals surface area contributed by atoms with E-state index in [0.717, 1.165) is 46.7 Å². The number of anilines is 2. The summed E-state index contributed by atoms with van der Waals surface area (Å²) in [5, 5.41) is 11.1. The van der Waals surface area contributed by atoms with E-state index in [1.807, 2.05) is 78.9 Å². The number of fused-ring (bicyclic) bond motifs is 1. The number of hydrogen-bond acceptors (Lipinski definition) is 5. The van der Waals surface area contributed by atoms with Crippen LogP contribution in [-0.4, -0.2) is 26.5 Å². The SMILES string of the molecule is O=C(Nc1ccccc1NC1CCCC1)c1ccn2ncc(-c3ccc(OCc4ccccc4)cc3)c2n1. The first-order valence-corrected chi connectivity index (χ1v) is 13.0. The van der Waals surface area contributed by atoms with Gasteiger partial charge in [-0.2, -0.15) is 5.10 Å². The number of carbonyl (C=O) groups is 1. The van der Waals surface area contributed by atoms with Crippen LogP contribution < -0.4 is 15.4 Å². The van der Waals surface area contributed by atoms with Gasteiger partial charge in [-0.1, -0.05) is 67.4 Å². The van der Waals surface area contributed by atoms with Gasteiger partial charge in [-0.25, -0.2) is 9.50 Å². The topological polar surface area (TPSA) is 80.6 Å². The lowest BCUT2D eigenvalue weighted by Crippen LogP contribution is -2.19. The van der Waals surface area contributed by atoms with E-state index in [1.54, 1.807) is 23.0 Å². The molecule has 0 spiro atoms. The fraction of sp³-hybridized carbons (Fsp3) is 0.194. The van der Waals surface area contributed by atoms with Gasteiger partial charge < -0.3 is 15.4 Å². The molecule has 2 heterocycles. The van der Waals surface area contributed by atoms with Gasteiger partial charge in [-0.05, 0) is 54.3 Å². The molecule has 190 valence electrons. The van der Waals surface area contributed by atoms with E-state index in [1.165, 1.54) is 12.8 Å². The molecule has 1 aliphatic carbocycles. The average molecular weight is 504 g/mol. The summed E-state index contributed by atoms with van der Waals surface area (Å²) >= 11 is 0. The normalized spacial score (nSPS) is 13.5. The van der Waals surface area contributed by atoms with Crippen molar-refractivity contribution < 1.29 is 9.53 Å². The molecular formula is C31H29N5O2. The van der Waals surface area contributed by atoms with Gasteiger partial charge in [0.15, 0.2) is 5.65 Å². The van der Waals surface area contributed by atoms with Crippen molar-refractivity contribution in [3.63, 3.8) is 0 Å². The van der Waals surface area contributed by atoms with Gasteiger partial charge in [0.2, 0.25) is 0 Å². The molecule has 1 fully saturated rings. The molecule has 2 aromatic heterocycles. The third kappa shape index (κ3) is 5.22. The van der Waals surface area contributed by atoms with Gasteiger partial charge in [-0.15, -0.1) is 0 Å². The standard InChI is InChI=1S/C31H29N5O2/c37-31(35-28-13-7-6-12-27(28)33-24-10-4-5-11-24)29-18-19-36-30(34-29)26(20-32-36)23-14-16-25(17-15-23)38-21-22-8-2-1-3-9-22/h1-3,6-9,12-20,24,33H,4-5,10-11,21H2,(H,35,37). The molecule has 1 saturated carbocycles. The first-order valence-electron chi connectivity index (χ1n) is 13.0. The second-order valence-corrected chi connectivity index (χ2v) is 9.56. The van der Waals surface area contributed by atoms with Crippen LogP contribution in [0.1, 0.15) is 41.7 Å².